The quantitative estimate of drug-likeness (QED) is 0.433. The molecule has 0 saturated carbocycles. The van der Waals surface area contributed by atoms with Gasteiger partial charge >= 0.3 is 0 Å². The summed E-state index contributed by atoms with van der Waals surface area (Å²) in [5.74, 6) is 0.588. The molecule has 30 heavy (non-hydrogen) atoms. The highest BCUT2D eigenvalue weighted by Gasteiger charge is 2.17. The number of H-pyrrole nitrogens is 2. The van der Waals surface area contributed by atoms with Gasteiger partial charge in [0, 0.05) is 40.0 Å². The Balaban J connectivity index is 1.52. The lowest BCUT2D eigenvalue weighted by atomic mass is 10.1. The first-order chi connectivity index (χ1) is 14.8. The molecule has 0 radical (unpaired) electrons. The van der Waals surface area contributed by atoms with E-state index in [0.29, 0.717) is 22.7 Å². The fourth-order valence-electron chi connectivity index (χ4n) is 3.48. The van der Waals surface area contributed by atoms with E-state index in [4.69, 9.17) is 4.98 Å². The summed E-state index contributed by atoms with van der Waals surface area (Å²) < 4.78 is 13.5. The number of nitrogens with zero attached hydrogens (tertiary/aromatic N) is 5. The van der Waals surface area contributed by atoms with Crippen LogP contribution in [0.3, 0.4) is 0 Å². The van der Waals surface area contributed by atoms with E-state index in [-0.39, 0.29) is 5.13 Å². The molecule has 144 valence electrons. The minimum absolute atomic E-state index is 0.236. The van der Waals surface area contributed by atoms with Crippen molar-refractivity contribution in [2.75, 3.05) is 0 Å². The van der Waals surface area contributed by atoms with Crippen molar-refractivity contribution >= 4 is 33.4 Å². The molecule has 1 aromatic carbocycles. The van der Waals surface area contributed by atoms with Crippen LogP contribution < -0.4 is 0 Å². The second-order valence-corrected chi connectivity index (χ2v) is 7.70. The summed E-state index contributed by atoms with van der Waals surface area (Å²) in [6, 6.07) is 11.0. The van der Waals surface area contributed by atoms with Crippen LogP contribution in [0.2, 0.25) is 0 Å². The summed E-state index contributed by atoms with van der Waals surface area (Å²) in [6.45, 7) is 0. The van der Waals surface area contributed by atoms with E-state index in [1.54, 1.807) is 30.9 Å². The molecule has 6 aromatic rings. The van der Waals surface area contributed by atoms with Gasteiger partial charge in [-0.05, 0) is 30.3 Å². The van der Waals surface area contributed by atoms with Crippen molar-refractivity contribution in [1.82, 2.24) is 35.1 Å². The third-order valence-electron chi connectivity index (χ3n) is 4.87. The van der Waals surface area contributed by atoms with Gasteiger partial charge in [-0.25, -0.2) is 9.97 Å². The van der Waals surface area contributed by atoms with Crippen LogP contribution in [0.15, 0.2) is 61.2 Å². The largest absolute Gasteiger partial charge is 0.321 e. The van der Waals surface area contributed by atoms with Crippen molar-refractivity contribution in [1.29, 1.82) is 0 Å². The third-order valence-corrected chi connectivity index (χ3v) is 5.78. The smallest absolute Gasteiger partial charge is 0.176 e. The monoisotopic (exact) mass is 413 g/mol. The van der Waals surface area contributed by atoms with Crippen LogP contribution in [0.4, 0.5) is 4.39 Å². The third kappa shape index (κ3) is 2.67. The maximum Gasteiger partial charge on any atom is 0.176 e. The Labute approximate surface area is 172 Å². The molecule has 0 atom stereocenters. The van der Waals surface area contributed by atoms with Crippen molar-refractivity contribution in [2.45, 2.75) is 0 Å². The Hall–Kier alpha value is -3.98. The molecule has 5 aromatic heterocycles. The first-order valence-corrected chi connectivity index (χ1v) is 9.93. The van der Waals surface area contributed by atoms with Gasteiger partial charge in [0.25, 0.3) is 0 Å². The number of aromatic amines is 2. The molecular weight excluding hydrogens is 401 g/mol. The van der Waals surface area contributed by atoms with Gasteiger partial charge in [0.15, 0.2) is 16.6 Å². The summed E-state index contributed by atoms with van der Waals surface area (Å²) in [7, 11) is 0. The average Bonchev–Trinajstić information content (AvgIpc) is 3.51. The molecular formula is C21H12FN7S. The molecule has 0 aliphatic carbocycles. The molecule has 0 aliphatic rings. The van der Waals surface area contributed by atoms with Crippen LogP contribution in [0.5, 0.6) is 0 Å². The summed E-state index contributed by atoms with van der Waals surface area (Å²) in [5.41, 5.74) is 5.40. The fourth-order valence-corrected chi connectivity index (χ4v) is 4.24. The van der Waals surface area contributed by atoms with E-state index < -0.39 is 0 Å². The van der Waals surface area contributed by atoms with E-state index >= 15 is 0 Å². The Morgan fingerprint density at radius 1 is 0.967 bits per heavy atom. The molecule has 0 spiro atoms. The van der Waals surface area contributed by atoms with E-state index in [0.717, 1.165) is 43.9 Å². The number of aromatic nitrogens is 7. The minimum Gasteiger partial charge on any atom is -0.321 e. The van der Waals surface area contributed by atoms with Crippen LogP contribution in [-0.4, -0.2) is 35.1 Å². The Morgan fingerprint density at radius 2 is 1.93 bits per heavy atom. The Bertz CT molecular complexity index is 1520. The van der Waals surface area contributed by atoms with Crippen LogP contribution in [0.25, 0.3) is 55.3 Å². The lowest BCUT2D eigenvalue weighted by molar-refractivity contribution is 0.657. The van der Waals surface area contributed by atoms with Crippen molar-refractivity contribution in [3.63, 3.8) is 0 Å². The number of hydrogen-bond acceptors (Lipinski definition) is 6. The van der Waals surface area contributed by atoms with Crippen LogP contribution in [-0.2, 0) is 0 Å². The number of imidazole rings is 1. The number of halogens is 1. The summed E-state index contributed by atoms with van der Waals surface area (Å²) in [6.07, 6.45) is 6.71. The predicted molar refractivity (Wildman–Crippen MR) is 113 cm³/mol. The number of pyridine rings is 1. The lowest BCUT2D eigenvalue weighted by Gasteiger charge is -2.00. The molecule has 0 saturated heterocycles. The second kappa shape index (κ2) is 6.53. The van der Waals surface area contributed by atoms with Gasteiger partial charge in [0.1, 0.15) is 11.2 Å². The topological polar surface area (TPSA) is 96.0 Å². The van der Waals surface area contributed by atoms with Crippen molar-refractivity contribution in [2.24, 2.45) is 0 Å². The van der Waals surface area contributed by atoms with Crippen LogP contribution in [0.1, 0.15) is 0 Å². The number of benzene rings is 1. The molecule has 0 fully saturated rings. The summed E-state index contributed by atoms with van der Waals surface area (Å²) >= 11 is 1.08. The standard InChI is InChI=1S/C21H12FN7S/c22-17-4-3-16(30-17)12-5-6-25-20-18(12)26-21(27-20)19-13-9-11(1-2-14(13)28-29-19)15-10-23-7-8-24-15/h1-10H,(H,28,29)(H,25,26,27). The molecule has 0 unspecified atom stereocenters. The SMILES string of the molecule is Fc1ccc(-c2ccnc3[nH]c(-c4n[nH]c5ccc(-c6cnccn6)cc45)nc23)s1. The predicted octanol–water partition coefficient (Wildman–Crippen LogP) is 4.83. The second-order valence-electron chi connectivity index (χ2n) is 6.67. The van der Waals surface area contributed by atoms with Gasteiger partial charge in [-0.3, -0.25) is 15.1 Å². The highest BCUT2D eigenvalue weighted by Crippen LogP contribution is 2.34. The lowest BCUT2D eigenvalue weighted by Crippen LogP contribution is -1.85. The van der Waals surface area contributed by atoms with Crippen LogP contribution in [0, 0.1) is 5.13 Å². The summed E-state index contributed by atoms with van der Waals surface area (Å²) in [4.78, 5) is 21.7. The molecule has 0 aliphatic heterocycles. The number of hydrogen-bond donors (Lipinski definition) is 2. The zero-order chi connectivity index (χ0) is 20.1. The molecule has 2 N–H and O–H groups in total. The zero-order valence-corrected chi connectivity index (χ0v) is 16.1. The van der Waals surface area contributed by atoms with E-state index in [1.165, 1.54) is 6.07 Å². The molecule has 9 heteroatoms. The molecule has 5 heterocycles. The van der Waals surface area contributed by atoms with Gasteiger partial charge < -0.3 is 4.98 Å². The van der Waals surface area contributed by atoms with Gasteiger partial charge in [0.05, 0.1) is 17.4 Å². The van der Waals surface area contributed by atoms with Crippen molar-refractivity contribution < 1.29 is 4.39 Å². The number of rotatable bonds is 3. The Kier molecular flexibility index (Phi) is 3.68. The van der Waals surface area contributed by atoms with Crippen molar-refractivity contribution in [3.8, 4) is 33.2 Å². The summed E-state index contributed by atoms with van der Waals surface area (Å²) in [5, 5.41) is 8.18. The maximum atomic E-state index is 13.5. The first kappa shape index (κ1) is 16.9. The van der Waals surface area contributed by atoms with Gasteiger partial charge in [-0.2, -0.15) is 9.49 Å². The van der Waals surface area contributed by atoms with E-state index in [2.05, 4.69) is 30.1 Å². The van der Waals surface area contributed by atoms with Crippen molar-refractivity contribution in [3.05, 3.63) is 66.3 Å². The van der Waals surface area contributed by atoms with E-state index in [9.17, 15) is 4.39 Å². The zero-order valence-electron chi connectivity index (χ0n) is 15.3. The average molecular weight is 413 g/mol. The molecule has 0 amide bonds. The normalized spacial score (nSPS) is 11.5. The first-order valence-electron chi connectivity index (χ1n) is 9.11. The highest BCUT2D eigenvalue weighted by molar-refractivity contribution is 7.14. The Morgan fingerprint density at radius 3 is 2.77 bits per heavy atom. The maximum absolute atomic E-state index is 13.5. The van der Waals surface area contributed by atoms with Gasteiger partial charge in [-0.15, -0.1) is 11.3 Å². The highest BCUT2D eigenvalue weighted by atomic mass is 32.1. The molecule has 6 rings (SSSR count). The number of nitrogens with one attached hydrogen (secondary N) is 2. The molecule has 7 nitrogen and oxygen atoms in total. The number of thiophene rings is 1. The van der Waals surface area contributed by atoms with Gasteiger partial charge in [0.2, 0.25) is 0 Å². The van der Waals surface area contributed by atoms with Crippen LogP contribution >= 0.6 is 11.3 Å². The molecule has 0 bridgehead atoms. The fraction of sp³-hybridized carbons (Fsp3) is 0. The minimum atomic E-state index is -0.236. The number of fused-ring (bicyclic) bond motifs is 2. The van der Waals surface area contributed by atoms with Gasteiger partial charge in [-0.1, -0.05) is 6.07 Å². The van der Waals surface area contributed by atoms with E-state index in [1.807, 2.05) is 24.3 Å².